The summed E-state index contributed by atoms with van der Waals surface area (Å²) < 4.78 is 5.14. The SMILES string of the molecule is COC[C@H](O)[C@H](Sc1ccc(C(C)(C)C)cc1)c1ccccc1. The Morgan fingerprint density at radius 2 is 1.61 bits per heavy atom. The van der Waals surface area contributed by atoms with Gasteiger partial charge in [0, 0.05) is 12.0 Å². The summed E-state index contributed by atoms with van der Waals surface area (Å²) in [6, 6.07) is 18.7. The van der Waals surface area contributed by atoms with Gasteiger partial charge in [-0.25, -0.2) is 0 Å². The quantitative estimate of drug-likeness (QED) is 0.770. The molecule has 0 saturated carbocycles. The van der Waals surface area contributed by atoms with Gasteiger partial charge in [-0.1, -0.05) is 63.2 Å². The average molecular weight is 330 g/mol. The third-order valence-corrected chi connectivity index (χ3v) is 5.18. The number of methoxy groups -OCH3 is 1. The van der Waals surface area contributed by atoms with E-state index in [0.717, 1.165) is 10.5 Å². The van der Waals surface area contributed by atoms with Gasteiger partial charge in [0.2, 0.25) is 0 Å². The van der Waals surface area contributed by atoms with Crippen molar-refractivity contribution in [3.63, 3.8) is 0 Å². The van der Waals surface area contributed by atoms with Crippen molar-refractivity contribution in [2.45, 2.75) is 42.4 Å². The van der Waals surface area contributed by atoms with E-state index < -0.39 is 6.10 Å². The molecular formula is C20H26O2S. The van der Waals surface area contributed by atoms with Crippen LogP contribution < -0.4 is 0 Å². The standard InChI is InChI=1S/C20H26O2S/c1-20(2,3)16-10-12-17(13-11-16)23-19(18(21)14-22-4)15-8-6-5-7-9-15/h5-13,18-19,21H,14H2,1-4H3/t18-,19+/m0/s1. The summed E-state index contributed by atoms with van der Waals surface area (Å²) in [5, 5.41) is 10.4. The largest absolute Gasteiger partial charge is 0.389 e. The molecule has 0 aliphatic heterocycles. The lowest BCUT2D eigenvalue weighted by Crippen LogP contribution is -2.21. The zero-order valence-corrected chi connectivity index (χ0v) is 15.1. The van der Waals surface area contributed by atoms with Crippen LogP contribution in [0.2, 0.25) is 0 Å². The molecule has 0 spiro atoms. The number of ether oxygens (including phenoxy) is 1. The van der Waals surface area contributed by atoms with Crippen LogP contribution >= 0.6 is 11.8 Å². The fraction of sp³-hybridized carbons (Fsp3) is 0.400. The molecule has 2 nitrogen and oxygen atoms in total. The van der Waals surface area contributed by atoms with E-state index in [4.69, 9.17) is 4.74 Å². The lowest BCUT2D eigenvalue weighted by Gasteiger charge is -2.23. The Balaban J connectivity index is 2.21. The lowest BCUT2D eigenvalue weighted by molar-refractivity contribution is 0.0631. The normalized spacial score (nSPS) is 14.5. The van der Waals surface area contributed by atoms with Crippen LogP contribution in [0, 0.1) is 0 Å². The summed E-state index contributed by atoms with van der Waals surface area (Å²) in [5.41, 5.74) is 2.58. The van der Waals surface area contributed by atoms with Crippen LogP contribution in [-0.4, -0.2) is 24.9 Å². The summed E-state index contributed by atoms with van der Waals surface area (Å²) in [5.74, 6) is 0. The average Bonchev–Trinajstić information content (AvgIpc) is 2.53. The number of hydrogen-bond donors (Lipinski definition) is 1. The Labute approximate surface area is 143 Å². The first-order valence-electron chi connectivity index (χ1n) is 7.91. The summed E-state index contributed by atoms with van der Waals surface area (Å²) >= 11 is 1.68. The second-order valence-electron chi connectivity index (χ2n) is 6.75. The lowest BCUT2D eigenvalue weighted by atomic mass is 9.87. The van der Waals surface area contributed by atoms with Gasteiger partial charge in [0.1, 0.15) is 0 Å². The van der Waals surface area contributed by atoms with Gasteiger partial charge in [-0.3, -0.25) is 0 Å². The van der Waals surface area contributed by atoms with Crippen LogP contribution in [0.3, 0.4) is 0 Å². The Morgan fingerprint density at radius 1 is 1.00 bits per heavy atom. The molecule has 0 aromatic heterocycles. The van der Waals surface area contributed by atoms with Crippen molar-refractivity contribution in [2.75, 3.05) is 13.7 Å². The smallest absolute Gasteiger partial charge is 0.0936 e. The highest BCUT2D eigenvalue weighted by atomic mass is 32.2. The Morgan fingerprint density at radius 3 is 2.13 bits per heavy atom. The van der Waals surface area contributed by atoms with Crippen molar-refractivity contribution in [3.05, 3.63) is 65.7 Å². The molecule has 2 rings (SSSR count). The molecule has 0 saturated heterocycles. The highest BCUT2D eigenvalue weighted by Gasteiger charge is 2.22. The molecule has 2 atom stereocenters. The summed E-state index contributed by atoms with van der Waals surface area (Å²) in [4.78, 5) is 1.15. The first-order chi connectivity index (χ1) is 10.9. The molecule has 0 heterocycles. The summed E-state index contributed by atoms with van der Waals surface area (Å²) in [6.07, 6.45) is -0.547. The Kier molecular flexibility index (Phi) is 6.28. The maximum absolute atomic E-state index is 10.5. The van der Waals surface area contributed by atoms with E-state index in [1.807, 2.05) is 18.2 Å². The molecule has 0 unspecified atom stereocenters. The first kappa shape index (κ1) is 18.1. The predicted molar refractivity (Wildman–Crippen MR) is 98.1 cm³/mol. The molecular weight excluding hydrogens is 304 g/mol. The molecule has 1 N–H and O–H groups in total. The number of aliphatic hydroxyl groups is 1. The van der Waals surface area contributed by atoms with Crippen LogP contribution in [0.5, 0.6) is 0 Å². The van der Waals surface area contributed by atoms with Gasteiger partial charge in [0.05, 0.1) is 18.0 Å². The molecule has 0 amide bonds. The van der Waals surface area contributed by atoms with Crippen molar-refractivity contribution in [1.82, 2.24) is 0 Å². The minimum Gasteiger partial charge on any atom is -0.389 e. The van der Waals surface area contributed by atoms with Crippen molar-refractivity contribution in [2.24, 2.45) is 0 Å². The van der Waals surface area contributed by atoms with Gasteiger partial charge in [-0.05, 0) is 28.7 Å². The highest BCUT2D eigenvalue weighted by molar-refractivity contribution is 7.99. The van der Waals surface area contributed by atoms with Crippen LogP contribution in [0.15, 0.2) is 59.5 Å². The minimum absolute atomic E-state index is 0.0448. The van der Waals surface area contributed by atoms with Gasteiger partial charge in [0.15, 0.2) is 0 Å². The monoisotopic (exact) mass is 330 g/mol. The number of rotatable bonds is 6. The van der Waals surface area contributed by atoms with Crippen molar-refractivity contribution in [1.29, 1.82) is 0 Å². The van der Waals surface area contributed by atoms with E-state index in [1.165, 1.54) is 5.56 Å². The van der Waals surface area contributed by atoms with E-state index in [0.29, 0.717) is 6.61 Å². The number of thioether (sulfide) groups is 1. The van der Waals surface area contributed by atoms with E-state index >= 15 is 0 Å². The fourth-order valence-corrected chi connectivity index (χ4v) is 3.57. The van der Waals surface area contributed by atoms with E-state index in [1.54, 1.807) is 18.9 Å². The third kappa shape index (κ3) is 5.10. The molecule has 0 aliphatic rings. The molecule has 124 valence electrons. The van der Waals surface area contributed by atoms with Gasteiger partial charge in [-0.15, -0.1) is 11.8 Å². The van der Waals surface area contributed by atoms with Gasteiger partial charge in [0.25, 0.3) is 0 Å². The predicted octanol–water partition coefficient (Wildman–Crippen LogP) is 4.82. The minimum atomic E-state index is -0.547. The number of aliphatic hydroxyl groups excluding tert-OH is 1. The Hall–Kier alpha value is -1.29. The van der Waals surface area contributed by atoms with Crippen molar-refractivity contribution in [3.8, 4) is 0 Å². The summed E-state index contributed by atoms with van der Waals surface area (Å²) in [6.45, 7) is 6.96. The second-order valence-corrected chi connectivity index (χ2v) is 7.96. The van der Waals surface area contributed by atoms with Gasteiger partial charge < -0.3 is 9.84 Å². The topological polar surface area (TPSA) is 29.5 Å². The molecule has 0 bridgehead atoms. The van der Waals surface area contributed by atoms with Gasteiger partial charge in [-0.2, -0.15) is 0 Å². The Bertz CT molecular complexity index is 587. The highest BCUT2D eigenvalue weighted by Crippen LogP contribution is 2.38. The van der Waals surface area contributed by atoms with Crippen LogP contribution in [-0.2, 0) is 10.2 Å². The molecule has 0 radical (unpaired) electrons. The molecule has 2 aromatic rings. The third-order valence-electron chi connectivity index (χ3n) is 3.80. The number of hydrogen-bond acceptors (Lipinski definition) is 3. The van der Waals surface area contributed by atoms with Crippen LogP contribution in [0.1, 0.15) is 37.1 Å². The maximum atomic E-state index is 10.5. The van der Waals surface area contributed by atoms with Gasteiger partial charge >= 0.3 is 0 Å². The molecule has 23 heavy (non-hydrogen) atoms. The molecule has 0 fully saturated rings. The van der Waals surface area contributed by atoms with E-state index in [-0.39, 0.29) is 10.7 Å². The first-order valence-corrected chi connectivity index (χ1v) is 8.79. The maximum Gasteiger partial charge on any atom is 0.0936 e. The zero-order chi connectivity index (χ0) is 16.9. The van der Waals surface area contributed by atoms with E-state index in [9.17, 15) is 5.11 Å². The number of benzene rings is 2. The molecule has 0 aliphatic carbocycles. The van der Waals surface area contributed by atoms with Crippen molar-refractivity contribution >= 4 is 11.8 Å². The molecule has 2 aromatic carbocycles. The zero-order valence-electron chi connectivity index (χ0n) is 14.3. The van der Waals surface area contributed by atoms with Crippen LogP contribution in [0.4, 0.5) is 0 Å². The second kappa shape index (κ2) is 8.00. The van der Waals surface area contributed by atoms with Crippen molar-refractivity contribution < 1.29 is 9.84 Å². The van der Waals surface area contributed by atoms with Crippen LogP contribution in [0.25, 0.3) is 0 Å². The van der Waals surface area contributed by atoms with E-state index in [2.05, 4.69) is 57.2 Å². The molecule has 3 heteroatoms. The fourth-order valence-electron chi connectivity index (χ4n) is 2.45. The summed E-state index contributed by atoms with van der Waals surface area (Å²) in [7, 11) is 1.62.